The fraction of sp³-hybridized carbons (Fsp3) is 0.233. The summed E-state index contributed by atoms with van der Waals surface area (Å²) in [6, 6.07) is 21.9. The monoisotopic (exact) mass is 547 g/mol. The number of carbonyl (C=O) groups is 1. The number of aliphatic hydroxyl groups excluding tert-OH is 1. The topological polar surface area (TPSA) is 117 Å². The smallest absolute Gasteiger partial charge is 0.384 e. The van der Waals surface area contributed by atoms with Crippen LogP contribution in [0.2, 0.25) is 0 Å². The predicted octanol–water partition coefficient (Wildman–Crippen LogP) is 6.14. The van der Waals surface area contributed by atoms with Crippen LogP contribution in [0.1, 0.15) is 70.9 Å². The first-order chi connectivity index (χ1) is 19.0. The van der Waals surface area contributed by atoms with E-state index >= 15 is 0 Å². The van der Waals surface area contributed by atoms with Gasteiger partial charge in [0.25, 0.3) is 5.91 Å². The number of nitriles is 1. The summed E-state index contributed by atoms with van der Waals surface area (Å²) in [5.41, 5.74) is 7.27. The number of halogens is 3. The summed E-state index contributed by atoms with van der Waals surface area (Å²) in [4.78, 5) is 13.2. The number of hydrogen-bond acceptors (Lipinski definition) is 5. The summed E-state index contributed by atoms with van der Waals surface area (Å²) in [6.07, 6.45) is -4.97. The Hall–Kier alpha value is -4.46. The van der Waals surface area contributed by atoms with Crippen molar-refractivity contribution in [3.8, 4) is 11.8 Å². The van der Waals surface area contributed by atoms with Gasteiger partial charge in [0.15, 0.2) is 5.69 Å². The molecule has 0 spiro atoms. The van der Waals surface area contributed by atoms with Crippen molar-refractivity contribution >= 4 is 11.6 Å². The highest BCUT2D eigenvalue weighted by Gasteiger charge is 2.36. The number of aromatic nitrogens is 2. The van der Waals surface area contributed by atoms with Crippen molar-refractivity contribution in [1.29, 1.82) is 5.26 Å². The number of benzene rings is 3. The van der Waals surface area contributed by atoms with Gasteiger partial charge in [-0.05, 0) is 59.4 Å². The lowest BCUT2D eigenvalue weighted by Gasteiger charge is -2.17. The van der Waals surface area contributed by atoms with Crippen LogP contribution in [0.25, 0.3) is 5.69 Å². The fourth-order valence-electron chi connectivity index (χ4n) is 4.33. The molecule has 4 N–H and O–H groups in total. The Labute approximate surface area is 229 Å². The van der Waals surface area contributed by atoms with E-state index in [-0.39, 0.29) is 28.7 Å². The minimum Gasteiger partial charge on any atom is -0.384 e. The Morgan fingerprint density at radius 2 is 1.70 bits per heavy atom. The number of nitrogens with one attached hydrogen (secondary N) is 1. The predicted molar refractivity (Wildman–Crippen MR) is 145 cm³/mol. The van der Waals surface area contributed by atoms with Gasteiger partial charge in [0.1, 0.15) is 11.8 Å². The first-order valence-corrected chi connectivity index (χ1v) is 12.6. The number of anilines is 1. The molecule has 0 aliphatic heterocycles. The molecule has 2 unspecified atom stereocenters. The lowest BCUT2D eigenvalue weighted by Crippen LogP contribution is -2.17. The molecule has 0 saturated carbocycles. The van der Waals surface area contributed by atoms with Gasteiger partial charge in [-0.2, -0.15) is 23.5 Å². The first-order valence-electron chi connectivity index (χ1n) is 12.6. The Balaban J connectivity index is 1.58. The average Bonchev–Trinajstić information content (AvgIpc) is 3.39. The van der Waals surface area contributed by atoms with Gasteiger partial charge in [0.05, 0.1) is 17.3 Å². The number of nitrogens with zero attached hydrogens (tertiary/aromatic N) is 3. The Morgan fingerprint density at radius 3 is 2.35 bits per heavy atom. The van der Waals surface area contributed by atoms with Crippen molar-refractivity contribution in [1.82, 2.24) is 9.78 Å². The standard InChI is InChI=1S/C30H28F3N5O2/c1-18(2)13-25(35)20-9-11-21(12-10-20)28(39)22-6-4-7-23(15-22)36-29(40)26-16-27(30(31,32)33)37-38(26)24-8-3-5-19(14-24)17-34/h3-12,14-16,18,25,28,39H,13,35H2,1-2H3,(H,36,40). The maximum Gasteiger partial charge on any atom is 0.435 e. The zero-order valence-electron chi connectivity index (χ0n) is 21.9. The van der Waals surface area contributed by atoms with Crippen molar-refractivity contribution in [2.45, 2.75) is 38.6 Å². The van der Waals surface area contributed by atoms with Crippen molar-refractivity contribution in [3.05, 3.63) is 113 Å². The van der Waals surface area contributed by atoms with Gasteiger partial charge in [0, 0.05) is 17.8 Å². The molecule has 1 aromatic heterocycles. The second kappa shape index (κ2) is 11.7. The van der Waals surface area contributed by atoms with Crippen LogP contribution < -0.4 is 11.1 Å². The van der Waals surface area contributed by atoms with Crippen LogP contribution in [-0.2, 0) is 6.18 Å². The van der Waals surface area contributed by atoms with E-state index in [2.05, 4.69) is 24.3 Å². The van der Waals surface area contributed by atoms with Crippen molar-refractivity contribution < 1.29 is 23.1 Å². The minimum atomic E-state index is -4.79. The highest BCUT2D eigenvalue weighted by Crippen LogP contribution is 2.31. The number of aliphatic hydroxyl groups is 1. The maximum atomic E-state index is 13.5. The van der Waals surface area contributed by atoms with Crippen LogP contribution in [0.4, 0.5) is 18.9 Å². The van der Waals surface area contributed by atoms with Gasteiger partial charge in [-0.1, -0.05) is 56.3 Å². The molecule has 7 nitrogen and oxygen atoms in total. The van der Waals surface area contributed by atoms with Gasteiger partial charge in [0.2, 0.25) is 0 Å². The number of rotatable bonds is 8. The number of amides is 1. The summed E-state index contributed by atoms with van der Waals surface area (Å²) in [5, 5.41) is 26.3. The number of nitrogens with two attached hydrogens (primary N) is 1. The molecule has 3 aromatic carbocycles. The summed E-state index contributed by atoms with van der Waals surface area (Å²) >= 11 is 0. The third kappa shape index (κ3) is 6.57. The summed E-state index contributed by atoms with van der Waals surface area (Å²) in [7, 11) is 0. The molecule has 0 bridgehead atoms. The number of hydrogen-bond donors (Lipinski definition) is 3. The van der Waals surface area contributed by atoms with Crippen molar-refractivity contribution in [2.75, 3.05) is 5.32 Å². The quantitative estimate of drug-likeness (QED) is 0.245. The van der Waals surface area contributed by atoms with Crippen LogP contribution in [0.3, 0.4) is 0 Å². The molecule has 0 aliphatic carbocycles. The van der Waals surface area contributed by atoms with Crippen LogP contribution in [0.5, 0.6) is 0 Å². The average molecular weight is 548 g/mol. The highest BCUT2D eigenvalue weighted by molar-refractivity contribution is 6.03. The second-order valence-electron chi connectivity index (χ2n) is 9.87. The molecule has 4 rings (SSSR count). The Bertz CT molecular complexity index is 1540. The molecule has 10 heteroatoms. The second-order valence-corrected chi connectivity index (χ2v) is 9.87. The fourth-order valence-corrected chi connectivity index (χ4v) is 4.33. The van der Waals surface area contributed by atoms with E-state index in [4.69, 9.17) is 5.73 Å². The minimum absolute atomic E-state index is 0.113. The van der Waals surface area contributed by atoms with Gasteiger partial charge < -0.3 is 16.2 Å². The molecule has 0 fully saturated rings. The SMILES string of the molecule is CC(C)CC(N)c1ccc(C(O)c2cccc(NC(=O)c3cc(C(F)(F)F)nn3-c3cccc(C#N)c3)c2)cc1. The van der Waals surface area contributed by atoms with E-state index < -0.39 is 23.9 Å². The van der Waals surface area contributed by atoms with Crippen molar-refractivity contribution in [2.24, 2.45) is 11.7 Å². The molecule has 1 amide bonds. The molecule has 206 valence electrons. The van der Waals surface area contributed by atoms with Crippen molar-refractivity contribution in [3.63, 3.8) is 0 Å². The summed E-state index contributed by atoms with van der Waals surface area (Å²) in [5.74, 6) is -0.403. The van der Waals surface area contributed by atoms with E-state index in [0.29, 0.717) is 23.1 Å². The molecular weight excluding hydrogens is 519 g/mol. The van der Waals surface area contributed by atoms with Gasteiger partial charge >= 0.3 is 6.18 Å². The third-order valence-corrected chi connectivity index (χ3v) is 6.32. The van der Waals surface area contributed by atoms with Crippen LogP contribution >= 0.6 is 0 Å². The lowest BCUT2D eigenvalue weighted by atomic mass is 9.95. The van der Waals surface area contributed by atoms with E-state index in [9.17, 15) is 28.3 Å². The Morgan fingerprint density at radius 1 is 1.02 bits per heavy atom. The normalized spacial score (nSPS) is 13.1. The van der Waals surface area contributed by atoms with E-state index in [1.807, 2.05) is 18.2 Å². The third-order valence-electron chi connectivity index (χ3n) is 6.32. The molecular formula is C30H28F3N5O2. The molecule has 0 saturated heterocycles. The van der Waals surface area contributed by atoms with Crippen LogP contribution in [0.15, 0.2) is 78.9 Å². The largest absolute Gasteiger partial charge is 0.435 e. The molecule has 4 aromatic rings. The molecule has 1 heterocycles. The van der Waals surface area contributed by atoms with Gasteiger partial charge in [-0.15, -0.1) is 0 Å². The van der Waals surface area contributed by atoms with Gasteiger partial charge in [-0.3, -0.25) is 4.79 Å². The Kier molecular flexibility index (Phi) is 8.38. The zero-order chi connectivity index (χ0) is 29.0. The molecule has 2 atom stereocenters. The van der Waals surface area contributed by atoms with E-state index in [0.717, 1.165) is 16.7 Å². The lowest BCUT2D eigenvalue weighted by molar-refractivity contribution is -0.141. The van der Waals surface area contributed by atoms with E-state index in [1.54, 1.807) is 36.4 Å². The van der Waals surface area contributed by atoms with Crippen LogP contribution in [0, 0.1) is 17.2 Å². The summed E-state index contributed by atoms with van der Waals surface area (Å²) < 4.78 is 41.2. The number of carbonyl (C=O) groups excluding carboxylic acids is 1. The van der Waals surface area contributed by atoms with Gasteiger partial charge in [-0.25, -0.2) is 4.68 Å². The molecule has 0 radical (unpaired) electrons. The van der Waals surface area contributed by atoms with E-state index in [1.165, 1.54) is 24.3 Å². The highest BCUT2D eigenvalue weighted by atomic mass is 19.4. The zero-order valence-corrected chi connectivity index (χ0v) is 21.9. The molecule has 40 heavy (non-hydrogen) atoms. The number of alkyl halides is 3. The van der Waals surface area contributed by atoms with Crippen LogP contribution in [-0.4, -0.2) is 20.8 Å². The first kappa shape index (κ1) is 28.5. The molecule has 0 aliphatic rings. The summed E-state index contributed by atoms with van der Waals surface area (Å²) in [6.45, 7) is 4.19. The maximum absolute atomic E-state index is 13.5.